The number of hydrogen-bond acceptors (Lipinski definition) is 4. The second kappa shape index (κ2) is 8.22. The first-order chi connectivity index (χ1) is 15.3. The molecule has 4 rings (SSSR count). The van der Waals surface area contributed by atoms with Crippen LogP contribution in [0, 0.1) is 11.6 Å². The minimum atomic E-state index is -1.75. The lowest BCUT2D eigenvalue weighted by atomic mass is 9.91. The fourth-order valence-corrected chi connectivity index (χ4v) is 3.49. The molecule has 1 fully saturated rings. The maximum Gasteiger partial charge on any atom is 0.325 e. The van der Waals surface area contributed by atoms with Gasteiger partial charge in [0, 0.05) is 17.2 Å². The average molecular weight is 436 g/mol. The van der Waals surface area contributed by atoms with E-state index in [2.05, 4.69) is 5.32 Å². The normalized spacial score (nSPS) is 17.9. The molecule has 0 radical (unpaired) electrons. The molecule has 1 heterocycles. The summed E-state index contributed by atoms with van der Waals surface area (Å²) in [5.74, 6) is -1.91. The molecule has 1 N–H and O–H groups in total. The van der Waals surface area contributed by atoms with Crippen LogP contribution in [0.1, 0.15) is 22.8 Å². The van der Waals surface area contributed by atoms with Gasteiger partial charge in [-0.05, 0) is 49.4 Å². The Labute approximate surface area is 182 Å². The zero-order valence-corrected chi connectivity index (χ0v) is 17.0. The first-order valence-corrected chi connectivity index (χ1v) is 9.74. The van der Waals surface area contributed by atoms with Crippen molar-refractivity contribution >= 4 is 17.7 Å². The molecule has 1 aliphatic heterocycles. The lowest BCUT2D eigenvalue weighted by Crippen LogP contribution is -2.42. The first-order valence-electron chi connectivity index (χ1n) is 9.74. The summed E-state index contributed by atoms with van der Waals surface area (Å²) in [7, 11) is 0. The molecule has 0 spiro atoms. The van der Waals surface area contributed by atoms with Crippen molar-refractivity contribution in [2.24, 2.45) is 0 Å². The predicted molar refractivity (Wildman–Crippen MR) is 111 cm³/mol. The van der Waals surface area contributed by atoms with Gasteiger partial charge in [0.15, 0.2) is 5.78 Å². The Morgan fingerprint density at radius 1 is 0.969 bits per heavy atom. The lowest BCUT2D eigenvalue weighted by Gasteiger charge is -2.22. The van der Waals surface area contributed by atoms with E-state index in [-0.39, 0.29) is 11.1 Å². The van der Waals surface area contributed by atoms with Crippen LogP contribution >= 0.6 is 0 Å². The molecule has 1 saturated heterocycles. The Bertz CT molecular complexity index is 1200. The second-order valence-electron chi connectivity index (χ2n) is 7.43. The number of carbonyl (C=O) groups excluding carboxylic acids is 3. The zero-order valence-electron chi connectivity index (χ0n) is 17.0. The molecule has 1 unspecified atom stereocenters. The third kappa shape index (κ3) is 3.94. The Morgan fingerprint density at radius 2 is 1.62 bits per heavy atom. The number of halogens is 2. The number of carbonyl (C=O) groups is 3. The van der Waals surface area contributed by atoms with Crippen molar-refractivity contribution in [2.75, 3.05) is 6.54 Å². The lowest BCUT2D eigenvalue weighted by molar-refractivity contribution is -0.130. The molecule has 1 atom stereocenters. The standard InChI is InChI=1S/C24H18F2N2O4/c1-24(19-12-9-16(25)13-20(19)26)22(30)28(23(31)27-24)14-21(29)15-7-10-18(11-8-15)32-17-5-3-2-4-6-17/h2-13H,14H2,1H3,(H,27,31). The monoisotopic (exact) mass is 436 g/mol. The number of amides is 3. The van der Waals surface area contributed by atoms with Gasteiger partial charge in [-0.25, -0.2) is 13.6 Å². The molecule has 8 heteroatoms. The van der Waals surface area contributed by atoms with Gasteiger partial charge in [0.2, 0.25) is 0 Å². The molecule has 6 nitrogen and oxygen atoms in total. The highest BCUT2D eigenvalue weighted by Gasteiger charge is 2.50. The molecule has 3 aromatic carbocycles. The molecule has 32 heavy (non-hydrogen) atoms. The average Bonchev–Trinajstić information content (AvgIpc) is 2.98. The van der Waals surface area contributed by atoms with E-state index in [1.807, 2.05) is 18.2 Å². The summed E-state index contributed by atoms with van der Waals surface area (Å²) in [5.41, 5.74) is -1.66. The number of ether oxygens (including phenoxy) is 1. The Morgan fingerprint density at radius 3 is 2.28 bits per heavy atom. The number of urea groups is 1. The van der Waals surface area contributed by atoms with Crippen LogP contribution in [0.4, 0.5) is 13.6 Å². The number of nitrogens with zero attached hydrogens (tertiary/aromatic N) is 1. The Kier molecular flexibility index (Phi) is 5.44. The van der Waals surface area contributed by atoms with Crippen LogP contribution in [0.15, 0.2) is 72.8 Å². The summed E-state index contributed by atoms with van der Waals surface area (Å²) in [6.45, 7) is 0.783. The van der Waals surface area contributed by atoms with Crippen molar-refractivity contribution < 1.29 is 27.9 Å². The molecule has 1 aliphatic rings. The van der Waals surface area contributed by atoms with Crippen molar-refractivity contribution in [1.29, 1.82) is 0 Å². The number of imide groups is 1. The molecule has 3 amide bonds. The van der Waals surface area contributed by atoms with E-state index in [0.717, 1.165) is 17.0 Å². The number of ketones is 1. The fraction of sp³-hybridized carbons (Fsp3) is 0.125. The maximum absolute atomic E-state index is 14.3. The van der Waals surface area contributed by atoms with E-state index in [0.29, 0.717) is 17.6 Å². The maximum atomic E-state index is 14.3. The van der Waals surface area contributed by atoms with Crippen LogP contribution in [-0.4, -0.2) is 29.2 Å². The molecular formula is C24H18F2N2O4. The van der Waals surface area contributed by atoms with Crippen molar-refractivity contribution in [3.8, 4) is 11.5 Å². The zero-order chi connectivity index (χ0) is 22.9. The molecule has 0 saturated carbocycles. The highest BCUT2D eigenvalue weighted by molar-refractivity contribution is 6.11. The van der Waals surface area contributed by atoms with Crippen LogP contribution in [0.2, 0.25) is 0 Å². The Balaban J connectivity index is 1.48. The van der Waals surface area contributed by atoms with Crippen LogP contribution in [0.5, 0.6) is 11.5 Å². The van der Waals surface area contributed by atoms with Gasteiger partial charge in [-0.3, -0.25) is 14.5 Å². The largest absolute Gasteiger partial charge is 0.457 e. The third-order valence-electron chi connectivity index (χ3n) is 5.20. The van der Waals surface area contributed by atoms with E-state index in [1.54, 1.807) is 24.3 Å². The number of nitrogens with one attached hydrogen (secondary N) is 1. The number of Topliss-reactive ketones (excluding diaryl/α,β-unsaturated/α-hetero) is 1. The van der Waals surface area contributed by atoms with Crippen LogP contribution < -0.4 is 10.1 Å². The van der Waals surface area contributed by atoms with Gasteiger partial charge in [-0.2, -0.15) is 0 Å². The van der Waals surface area contributed by atoms with Gasteiger partial charge >= 0.3 is 6.03 Å². The smallest absolute Gasteiger partial charge is 0.325 e. The molecule has 0 aromatic heterocycles. The second-order valence-corrected chi connectivity index (χ2v) is 7.43. The van der Waals surface area contributed by atoms with Crippen LogP contribution in [-0.2, 0) is 10.3 Å². The summed E-state index contributed by atoms with van der Waals surface area (Å²) >= 11 is 0. The van der Waals surface area contributed by atoms with Gasteiger partial charge in [0.25, 0.3) is 5.91 Å². The van der Waals surface area contributed by atoms with Gasteiger partial charge in [-0.15, -0.1) is 0 Å². The number of rotatable bonds is 6. The van der Waals surface area contributed by atoms with E-state index >= 15 is 0 Å². The number of hydrogen-bond donors (Lipinski definition) is 1. The molecular weight excluding hydrogens is 418 g/mol. The van der Waals surface area contributed by atoms with Crippen molar-refractivity contribution in [1.82, 2.24) is 10.2 Å². The predicted octanol–water partition coefficient (Wildman–Crippen LogP) is 4.41. The minimum absolute atomic E-state index is 0.186. The van der Waals surface area contributed by atoms with E-state index < -0.39 is 41.4 Å². The van der Waals surface area contributed by atoms with E-state index in [4.69, 9.17) is 4.74 Å². The first kappa shape index (κ1) is 21.2. The summed E-state index contributed by atoms with van der Waals surface area (Å²) in [5, 5.41) is 2.40. The van der Waals surface area contributed by atoms with Crippen molar-refractivity contribution in [2.45, 2.75) is 12.5 Å². The SMILES string of the molecule is CC1(c2ccc(F)cc2F)NC(=O)N(CC(=O)c2ccc(Oc3ccccc3)cc2)C1=O. The summed E-state index contributed by atoms with van der Waals surface area (Å²) in [4.78, 5) is 38.7. The van der Waals surface area contributed by atoms with Crippen LogP contribution in [0.3, 0.4) is 0 Å². The molecule has 0 bridgehead atoms. The quantitative estimate of drug-likeness (QED) is 0.459. The van der Waals surface area contributed by atoms with Gasteiger partial charge in [-0.1, -0.05) is 24.3 Å². The van der Waals surface area contributed by atoms with E-state index in [9.17, 15) is 23.2 Å². The fourth-order valence-electron chi connectivity index (χ4n) is 3.49. The summed E-state index contributed by atoms with van der Waals surface area (Å²) in [6, 6.07) is 17.2. The van der Waals surface area contributed by atoms with E-state index in [1.165, 1.54) is 19.1 Å². The topological polar surface area (TPSA) is 75.7 Å². The van der Waals surface area contributed by atoms with Gasteiger partial charge in [0.1, 0.15) is 28.7 Å². The molecule has 3 aromatic rings. The molecule has 162 valence electrons. The minimum Gasteiger partial charge on any atom is -0.457 e. The third-order valence-corrected chi connectivity index (χ3v) is 5.20. The van der Waals surface area contributed by atoms with Crippen LogP contribution in [0.25, 0.3) is 0 Å². The number of benzene rings is 3. The van der Waals surface area contributed by atoms with Crippen molar-refractivity contribution in [3.05, 3.63) is 95.6 Å². The van der Waals surface area contributed by atoms with Crippen molar-refractivity contribution in [3.63, 3.8) is 0 Å². The highest BCUT2D eigenvalue weighted by Crippen LogP contribution is 2.31. The van der Waals surface area contributed by atoms with Gasteiger partial charge < -0.3 is 10.1 Å². The van der Waals surface area contributed by atoms with Gasteiger partial charge in [0.05, 0.1) is 6.54 Å². The Hall–Kier alpha value is -4.07. The highest BCUT2D eigenvalue weighted by atomic mass is 19.1. The number of para-hydroxylation sites is 1. The summed E-state index contributed by atoms with van der Waals surface area (Å²) in [6.07, 6.45) is 0. The summed E-state index contributed by atoms with van der Waals surface area (Å²) < 4.78 is 33.2. The molecule has 0 aliphatic carbocycles.